The summed E-state index contributed by atoms with van der Waals surface area (Å²) < 4.78 is 0.709. The molecule has 4 nitrogen and oxygen atoms in total. The first-order valence-corrected chi connectivity index (χ1v) is 4.98. The van der Waals surface area contributed by atoms with Crippen LogP contribution in [0.3, 0.4) is 0 Å². The second-order valence-corrected chi connectivity index (χ2v) is 3.74. The third-order valence-corrected chi connectivity index (χ3v) is 2.23. The number of hydrogen-bond acceptors (Lipinski definition) is 3. The lowest BCUT2D eigenvalue weighted by atomic mass is 10.1. The molecule has 76 valence electrons. The molecule has 0 amide bonds. The van der Waals surface area contributed by atoms with E-state index in [1.54, 1.807) is 12.1 Å². The number of carboxylic acids is 1. The number of aliphatic carboxylic acids is 1. The minimum atomic E-state index is -0.838. The van der Waals surface area contributed by atoms with Crippen LogP contribution in [0.1, 0.15) is 24.6 Å². The van der Waals surface area contributed by atoms with Crippen molar-refractivity contribution in [3.63, 3.8) is 0 Å². The number of hydrogen-bond donors (Lipinski definition) is 2. The highest BCUT2D eigenvalue weighted by molar-refractivity contribution is 9.10. The van der Waals surface area contributed by atoms with E-state index in [0.29, 0.717) is 16.7 Å². The summed E-state index contributed by atoms with van der Waals surface area (Å²) in [7, 11) is 0. The molecule has 14 heavy (non-hydrogen) atoms. The van der Waals surface area contributed by atoms with Crippen molar-refractivity contribution in [1.29, 1.82) is 0 Å². The molecule has 1 rings (SSSR count). The zero-order chi connectivity index (χ0) is 10.6. The molecule has 0 aliphatic carbocycles. The maximum atomic E-state index is 10.3. The van der Waals surface area contributed by atoms with Gasteiger partial charge in [0.1, 0.15) is 4.60 Å². The molecule has 1 heterocycles. The van der Waals surface area contributed by atoms with Gasteiger partial charge in [0.25, 0.3) is 0 Å². The van der Waals surface area contributed by atoms with Gasteiger partial charge in [-0.1, -0.05) is 6.07 Å². The fraction of sp³-hybridized carbons (Fsp3) is 0.333. The van der Waals surface area contributed by atoms with Gasteiger partial charge in [0.2, 0.25) is 0 Å². The van der Waals surface area contributed by atoms with Gasteiger partial charge >= 0.3 is 5.97 Å². The summed E-state index contributed by atoms with van der Waals surface area (Å²) in [5.41, 5.74) is 6.47. The second kappa shape index (κ2) is 5.07. The Morgan fingerprint density at radius 2 is 2.36 bits per heavy atom. The summed E-state index contributed by atoms with van der Waals surface area (Å²) in [6.07, 6.45) is 0.466. The van der Waals surface area contributed by atoms with E-state index < -0.39 is 5.97 Å². The summed E-state index contributed by atoms with van der Waals surface area (Å²) in [4.78, 5) is 14.5. The normalized spacial score (nSPS) is 12.4. The Labute approximate surface area is 90.3 Å². The smallest absolute Gasteiger partial charge is 0.303 e. The molecule has 1 aromatic heterocycles. The molecule has 3 N–H and O–H groups in total. The van der Waals surface area contributed by atoms with Gasteiger partial charge in [-0.15, -0.1) is 0 Å². The highest BCUT2D eigenvalue weighted by Crippen LogP contribution is 2.15. The van der Waals surface area contributed by atoms with Crippen LogP contribution in [0.15, 0.2) is 22.8 Å². The first-order chi connectivity index (χ1) is 6.59. The van der Waals surface area contributed by atoms with Crippen molar-refractivity contribution in [3.8, 4) is 0 Å². The summed E-state index contributed by atoms with van der Waals surface area (Å²) in [5.74, 6) is -0.838. The van der Waals surface area contributed by atoms with Crippen LogP contribution in [0, 0.1) is 0 Å². The summed E-state index contributed by atoms with van der Waals surface area (Å²) in [5, 5.41) is 8.48. The molecule has 0 radical (unpaired) electrons. The number of carbonyl (C=O) groups is 1. The number of nitrogens with zero attached hydrogens (tertiary/aromatic N) is 1. The van der Waals surface area contributed by atoms with Gasteiger partial charge in [-0.25, -0.2) is 4.98 Å². The van der Waals surface area contributed by atoms with Crippen LogP contribution in [0.2, 0.25) is 0 Å². The molecule has 5 heteroatoms. The van der Waals surface area contributed by atoms with Crippen LogP contribution in [0.5, 0.6) is 0 Å². The first kappa shape index (κ1) is 11.1. The fourth-order valence-corrected chi connectivity index (χ4v) is 1.41. The van der Waals surface area contributed by atoms with Crippen LogP contribution in [0.4, 0.5) is 0 Å². The minimum absolute atomic E-state index is 0.0648. The molecule has 0 fully saturated rings. The minimum Gasteiger partial charge on any atom is -0.481 e. The summed E-state index contributed by atoms with van der Waals surface area (Å²) in [6, 6.07) is 5.10. The van der Waals surface area contributed by atoms with Crippen molar-refractivity contribution >= 4 is 21.9 Å². The van der Waals surface area contributed by atoms with Crippen LogP contribution in [-0.2, 0) is 4.79 Å². The van der Waals surface area contributed by atoms with E-state index in [9.17, 15) is 4.79 Å². The molecular weight excluding hydrogens is 248 g/mol. The van der Waals surface area contributed by atoms with Crippen molar-refractivity contribution < 1.29 is 9.90 Å². The van der Waals surface area contributed by atoms with E-state index in [0.717, 1.165) is 0 Å². The van der Waals surface area contributed by atoms with Crippen molar-refractivity contribution in [2.75, 3.05) is 0 Å². The van der Waals surface area contributed by atoms with Crippen molar-refractivity contribution in [2.24, 2.45) is 5.73 Å². The molecule has 0 aliphatic heterocycles. The van der Waals surface area contributed by atoms with E-state index in [-0.39, 0.29) is 12.5 Å². The highest BCUT2D eigenvalue weighted by Gasteiger charge is 2.09. The zero-order valence-electron chi connectivity index (χ0n) is 7.48. The van der Waals surface area contributed by atoms with E-state index >= 15 is 0 Å². The molecule has 0 spiro atoms. The quantitative estimate of drug-likeness (QED) is 0.807. The largest absolute Gasteiger partial charge is 0.481 e. The molecule has 0 aromatic carbocycles. The van der Waals surface area contributed by atoms with Gasteiger partial charge in [0.15, 0.2) is 0 Å². The lowest BCUT2D eigenvalue weighted by Crippen LogP contribution is -2.13. The van der Waals surface area contributed by atoms with Crippen LogP contribution < -0.4 is 5.73 Å². The summed E-state index contributed by atoms with van der Waals surface area (Å²) in [6.45, 7) is 0. The molecule has 1 aromatic rings. The van der Waals surface area contributed by atoms with E-state index in [1.165, 1.54) is 0 Å². The standard InChI is InChI=1S/C9H11BrN2O2/c10-8-3-1-2-7(12-8)6(11)4-5-9(13)14/h1-3,6H,4-5,11H2,(H,13,14). The van der Waals surface area contributed by atoms with Gasteiger partial charge in [0.05, 0.1) is 5.69 Å². The average Bonchev–Trinajstić information content (AvgIpc) is 2.14. The topological polar surface area (TPSA) is 76.2 Å². The maximum absolute atomic E-state index is 10.3. The average molecular weight is 259 g/mol. The zero-order valence-corrected chi connectivity index (χ0v) is 9.07. The molecule has 0 bridgehead atoms. The van der Waals surface area contributed by atoms with Crippen molar-refractivity contribution in [2.45, 2.75) is 18.9 Å². The van der Waals surface area contributed by atoms with Crippen molar-refractivity contribution in [1.82, 2.24) is 4.98 Å². The molecule has 1 unspecified atom stereocenters. The molecule has 0 saturated carbocycles. The predicted molar refractivity (Wildman–Crippen MR) is 55.7 cm³/mol. The fourth-order valence-electron chi connectivity index (χ4n) is 1.06. The third-order valence-electron chi connectivity index (χ3n) is 1.79. The Balaban J connectivity index is 2.60. The van der Waals surface area contributed by atoms with Crippen LogP contribution in [-0.4, -0.2) is 16.1 Å². The number of halogens is 1. The number of pyridine rings is 1. The van der Waals surface area contributed by atoms with Gasteiger partial charge in [-0.05, 0) is 34.5 Å². The Morgan fingerprint density at radius 1 is 1.64 bits per heavy atom. The third kappa shape index (κ3) is 3.43. The van der Waals surface area contributed by atoms with E-state index in [1.807, 2.05) is 6.07 Å². The number of aromatic nitrogens is 1. The summed E-state index contributed by atoms with van der Waals surface area (Å²) >= 11 is 3.23. The van der Waals surface area contributed by atoms with Gasteiger partial charge in [0, 0.05) is 12.5 Å². The number of nitrogens with two attached hydrogens (primary N) is 1. The monoisotopic (exact) mass is 258 g/mol. The molecular formula is C9H11BrN2O2. The lowest BCUT2D eigenvalue weighted by Gasteiger charge is -2.09. The van der Waals surface area contributed by atoms with E-state index in [2.05, 4.69) is 20.9 Å². The van der Waals surface area contributed by atoms with Crippen LogP contribution in [0.25, 0.3) is 0 Å². The SMILES string of the molecule is NC(CCC(=O)O)c1cccc(Br)n1. The van der Waals surface area contributed by atoms with Crippen LogP contribution >= 0.6 is 15.9 Å². The maximum Gasteiger partial charge on any atom is 0.303 e. The Morgan fingerprint density at radius 3 is 2.93 bits per heavy atom. The number of carboxylic acid groups (broad SMARTS) is 1. The number of rotatable bonds is 4. The second-order valence-electron chi connectivity index (χ2n) is 2.92. The Hall–Kier alpha value is -0.940. The van der Waals surface area contributed by atoms with E-state index in [4.69, 9.17) is 10.8 Å². The first-order valence-electron chi connectivity index (χ1n) is 4.19. The van der Waals surface area contributed by atoms with Crippen molar-refractivity contribution in [3.05, 3.63) is 28.5 Å². The predicted octanol–water partition coefficient (Wildman–Crippen LogP) is 1.71. The lowest BCUT2D eigenvalue weighted by molar-refractivity contribution is -0.137. The Kier molecular flexibility index (Phi) is 4.03. The molecule has 0 saturated heterocycles. The Bertz CT molecular complexity index is 330. The van der Waals surface area contributed by atoms with Gasteiger partial charge in [-0.2, -0.15) is 0 Å². The van der Waals surface area contributed by atoms with Gasteiger partial charge < -0.3 is 10.8 Å². The molecule has 1 atom stereocenters. The molecule has 0 aliphatic rings. The van der Waals surface area contributed by atoms with Gasteiger partial charge in [-0.3, -0.25) is 4.79 Å². The highest BCUT2D eigenvalue weighted by atomic mass is 79.9.